The summed E-state index contributed by atoms with van der Waals surface area (Å²) in [6, 6.07) is 1.73. The van der Waals surface area contributed by atoms with E-state index in [1.807, 2.05) is 26.8 Å². The Balaban J connectivity index is 1.80. The zero-order valence-corrected chi connectivity index (χ0v) is 15.0. The van der Waals surface area contributed by atoms with E-state index < -0.39 is 5.60 Å². The first-order chi connectivity index (χ1) is 11.7. The maximum atomic E-state index is 12.4. The number of rotatable bonds is 1. The lowest BCUT2D eigenvalue weighted by Gasteiger charge is -2.29. The van der Waals surface area contributed by atoms with Crippen molar-refractivity contribution in [2.24, 2.45) is 0 Å². The molecule has 6 heteroatoms. The Morgan fingerprint density at radius 2 is 1.92 bits per heavy atom. The summed E-state index contributed by atoms with van der Waals surface area (Å²) in [4.78, 5) is 41.1. The molecule has 25 heavy (non-hydrogen) atoms. The average molecular weight is 344 g/mol. The zero-order chi connectivity index (χ0) is 18.2. The van der Waals surface area contributed by atoms with Gasteiger partial charge in [0.2, 0.25) is 0 Å². The molecule has 0 unspecified atom stereocenters. The van der Waals surface area contributed by atoms with Crippen molar-refractivity contribution < 1.29 is 14.3 Å². The Bertz CT molecular complexity index is 799. The van der Waals surface area contributed by atoms with Crippen LogP contribution in [-0.2, 0) is 11.2 Å². The van der Waals surface area contributed by atoms with Gasteiger partial charge in [-0.25, -0.2) is 4.79 Å². The fraction of sp³-hybridized carbons (Fsp3) is 0.526. The third kappa shape index (κ3) is 3.83. The van der Waals surface area contributed by atoms with Gasteiger partial charge in [0, 0.05) is 36.3 Å². The molecule has 0 aromatic carbocycles. The average Bonchev–Trinajstić information content (AvgIpc) is 2.53. The highest BCUT2D eigenvalue weighted by Crippen LogP contribution is 2.25. The topological polar surface area (TPSA) is 79.5 Å². The standard InChI is InChI=1S/C19H24N2O4/c1-19(2,3)25-18(24)21-9-7-12(8-10-21)13-11-14-15(20-17(13)23)5-4-6-16(14)22/h7,11H,4-6,8-10H2,1-3H3,(H,20,23). The number of aryl methyl sites for hydroxylation is 1. The smallest absolute Gasteiger partial charge is 0.410 e. The highest BCUT2D eigenvalue weighted by molar-refractivity contribution is 5.98. The first-order valence-electron chi connectivity index (χ1n) is 8.71. The molecule has 0 atom stereocenters. The van der Waals surface area contributed by atoms with E-state index in [0.717, 1.165) is 24.1 Å². The number of carbonyl (C=O) groups is 2. The molecule has 0 radical (unpaired) electrons. The Hall–Kier alpha value is -2.37. The van der Waals surface area contributed by atoms with Gasteiger partial charge in [-0.15, -0.1) is 0 Å². The van der Waals surface area contributed by atoms with E-state index in [-0.39, 0.29) is 17.4 Å². The summed E-state index contributed by atoms with van der Waals surface area (Å²) in [6.45, 7) is 6.39. The van der Waals surface area contributed by atoms with Crippen molar-refractivity contribution in [2.75, 3.05) is 13.1 Å². The van der Waals surface area contributed by atoms with Crippen LogP contribution in [0.2, 0.25) is 0 Å². The highest BCUT2D eigenvalue weighted by Gasteiger charge is 2.26. The van der Waals surface area contributed by atoms with Crippen LogP contribution in [0.1, 0.15) is 61.6 Å². The Kier molecular flexibility index (Phi) is 4.54. The fourth-order valence-electron chi connectivity index (χ4n) is 3.22. The molecule has 134 valence electrons. The number of aromatic nitrogens is 1. The van der Waals surface area contributed by atoms with Crippen LogP contribution in [0, 0.1) is 0 Å². The fourth-order valence-corrected chi connectivity index (χ4v) is 3.22. The lowest BCUT2D eigenvalue weighted by Crippen LogP contribution is -2.39. The number of hydrogen-bond acceptors (Lipinski definition) is 4. The number of ether oxygens (including phenoxy) is 1. The number of nitrogens with zero attached hydrogens (tertiary/aromatic N) is 1. The molecule has 1 amide bonds. The van der Waals surface area contributed by atoms with Gasteiger partial charge >= 0.3 is 6.09 Å². The number of hydrogen-bond donors (Lipinski definition) is 1. The van der Waals surface area contributed by atoms with Crippen LogP contribution in [-0.4, -0.2) is 40.5 Å². The Labute approximate surface area is 146 Å². The number of carbonyl (C=O) groups excluding carboxylic acids is 2. The number of ketones is 1. The second kappa shape index (κ2) is 6.50. The number of Topliss-reactive ketones (excluding diaryl/α,β-unsaturated/α-hetero) is 1. The second-order valence-corrected chi connectivity index (χ2v) is 7.59. The normalized spacial score (nSPS) is 17.8. The van der Waals surface area contributed by atoms with Crippen LogP contribution in [0.4, 0.5) is 4.79 Å². The van der Waals surface area contributed by atoms with Gasteiger partial charge in [-0.3, -0.25) is 9.59 Å². The largest absolute Gasteiger partial charge is 0.444 e. The lowest BCUT2D eigenvalue weighted by atomic mass is 9.91. The minimum absolute atomic E-state index is 0.0885. The monoisotopic (exact) mass is 344 g/mol. The minimum atomic E-state index is -0.531. The van der Waals surface area contributed by atoms with Gasteiger partial charge in [-0.2, -0.15) is 0 Å². The molecule has 1 N–H and O–H groups in total. The van der Waals surface area contributed by atoms with Crippen molar-refractivity contribution in [1.82, 2.24) is 9.88 Å². The van der Waals surface area contributed by atoms with E-state index in [0.29, 0.717) is 37.1 Å². The molecule has 0 fully saturated rings. The Morgan fingerprint density at radius 1 is 1.16 bits per heavy atom. The molecule has 6 nitrogen and oxygen atoms in total. The van der Waals surface area contributed by atoms with Gasteiger partial charge in [0.25, 0.3) is 5.56 Å². The van der Waals surface area contributed by atoms with E-state index in [9.17, 15) is 14.4 Å². The third-order valence-electron chi connectivity index (χ3n) is 4.46. The van der Waals surface area contributed by atoms with Crippen LogP contribution < -0.4 is 5.56 Å². The van der Waals surface area contributed by atoms with Crippen molar-refractivity contribution >= 4 is 17.4 Å². The molecule has 1 aliphatic carbocycles. The van der Waals surface area contributed by atoms with Gasteiger partial charge in [-0.1, -0.05) is 6.08 Å². The van der Waals surface area contributed by atoms with E-state index in [1.54, 1.807) is 11.0 Å². The van der Waals surface area contributed by atoms with E-state index in [1.165, 1.54) is 0 Å². The van der Waals surface area contributed by atoms with Gasteiger partial charge in [0.05, 0.1) is 0 Å². The van der Waals surface area contributed by atoms with E-state index in [2.05, 4.69) is 4.98 Å². The van der Waals surface area contributed by atoms with E-state index in [4.69, 9.17) is 4.74 Å². The first kappa shape index (κ1) is 17.5. The summed E-state index contributed by atoms with van der Waals surface area (Å²) in [5.74, 6) is 0.0885. The van der Waals surface area contributed by atoms with Gasteiger partial charge < -0.3 is 14.6 Å². The van der Waals surface area contributed by atoms with Crippen LogP contribution in [0.25, 0.3) is 5.57 Å². The number of fused-ring (bicyclic) bond motifs is 1. The van der Waals surface area contributed by atoms with Crippen molar-refractivity contribution in [3.05, 3.63) is 39.3 Å². The maximum Gasteiger partial charge on any atom is 0.410 e. The van der Waals surface area contributed by atoms with Crippen molar-refractivity contribution in [3.63, 3.8) is 0 Å². The highest BCUT2D eigenvalue weighted by atomic mass is 16.6. The summed E-state index contributed by atoms with van der Waals surface area (Å²) in [5.41, 5.74) is 2.11. The van der Waals surface area contributed by atoms with Crippen LogP contribution in [0.5, 0.6) is 0 Å². The maximum absolute atomic E-state index is 12.4. The summed E-state index contributed by atoms with van der Waals surface area (Å²) in [6.07, 6.45) is 4.14. The summed E-state index contributed by atoms with van der Waals surface area (Å²) in [5, 5.41) is 0. The first-order valence-corrected chi connectivity index (χ1v) is 8.71. The van der Waals surface area contributed by atoms with E-state index >= 15 is 0 Å². The molecule has 1 aromatic rings. The molecule has 0 saturated carbocycles. The number of pyridine rings is 1. The molecule has 2 heterocycles. The number of H-pyrrole nitrogens is 1. The van der Waals surface area contributed by atoms with Crippen LogP contribution in [0.15, 0.2) is 16.9 Å². The lowest BCUT2D eigenvalue weighted by molar-refractivity contribution is 0.0270. The van der Waals surface area contributed by atoms with Crippen molar-refractivity contribution in [3.8, 4) is 0 Å². The number of nitrogens with one attached hydrogen (secondary N) is 1. The molecule has 0 bridgehead atoms. The number of aromatic amines is 1. The summed E-state index contributed by atoms with van der Waals surface area (Å²) in [7, 11) is 0. The number of amides is 1. The minimum Gasteiger partial charge on any atom is -0.444 e. The quantitative estimate of drug-likeness (QED) is 0.849. The second-order valence-electron chi connectivity index (χ2n) is 7.59. The summed E-state index contributed by atoms with van der Waals surface area (Å²) < 4.78 is 5.38. The van der Waals surface area contributed by atoms with Crippen molar-refractivity contribution in [1.29, 1.82) is 0 Å². The molecule has 0 spiro atoms. The molecule has 2 aliphatic rings. The summed E-state index contributed by atoms with van der Waals surface area (Å²) >= 11 is 0. The predicted molar refractivity (Wildman–Crippen MR) is 94.7 cm³/mol. The molecule has 1 aromatic heterocycles. The SMILES string of the molecule is CC(C)(C)OC(=O)N1CC=C(c2cc3c([nH]c2=O)CCCC3=O)CC1. The third-order valence-corrected chi connectivity index (χ3v) is 4.46. The van der Waals surface area contributed by atoms with Gasteiger partial charge in [0.15, 0.2) is 5.78 Å². The molecule has 3 rings (SSSR count). The van der Waals surface area contributed by atoms with Crippen molar-refractivity contribution in [2.45, 2.75) is 52.1 Å². The van der Waals surface area contributed by atoms with Gasteiger partial charge in [-0.05, 0) is 51.7 Å². The zero-order valence-electron chi connectivity index (χ0n) is 15.0. The van der Waals surface area contributed by atoms with Crippen LogP contribution in [0.3, 0.4) is 0 Å². The molecular weight excluding hydrogens is 320 g/mol. The van der Waals surface area contributed by atoms with Gasteiger partial charge in [0.1, 0.15) is 5.60 Å². The molecule has 0 saturated heterocycles. The predicted octanol–water partition coefficient (Wildman–Crippen LogP) is 2.92. The Morgan fingerprint density at radius 3 is 2.56 bits per heavy atom. The molecular formula is C19H24N2O4. The van der Waals surface area contributed by atoms with Crippen LogP contribution >= 0.6 is 0 Å². The molecule has 1 aliphatic heterocycles.